The Bertz CT molecular complexity index is 1450. The first-order valence-corrected chi connectivity index (χ1v) is 11.8. The Morgan fingerprint density at radius 3 is 2.34 bits per heavy atom. The van der Waals surface area contributed by atoms with Gasteiger partial charge in [-0.25, -0.2) is 0 Å². The third-order valence-corrected chi connectivity index (χ3v) is 7.33. The molecule has 0 saturated heterocycles. The van der Waals surface area contributed by atoms with Crippen LogP contribution >= 0.6 is 0 Å². The van der Waals surface area contributed by atoms with Crippen LogP contribution in [-0.4, -0.2) is 24.9 Å². The largest absolute Gasteiger partial charge is 0.497 e. The van der Waals surface area contributed by atoms with Crippen LogP contribution in [0.1, 0.15) is 36.1 Å². The summed E-state index contributed by atoms with van der Waals surface area (Å²) in [4.78, 5) is 12.9. The van der Waals surface area contributed by atoms with Gasteiger partial charge in [0.2, 0.25) is 5.72 Å². The molecule has 5 rings (SSSR count). The lowest BCUT2D eigenvalue weighted by Crippen LogP contribution is -2.59. The molecule has 2 heterocycles. The second kappa shape index (κ2) is 8.68. The van der Waals surface area contributed by atoms with Gasteiger partial charge in [0.1, 0.15) is 5.75 Å². The number of benzene rings is 3. The summed E-state index contributed by atoms with van der Waals surface area (Å²) in [6.07, 6.45) is -0.829. The number of hydrogen-bond acceptors (Lipinski definition) is 6. The first kappa shape index (κ1) is 25.4. The lowest BCUT2D eigenvalue weighted by molar-refractivity contribution is -0.385. The highest BCUT2D eigenvalue weighted by molar-refractivity contribution is 5.75. The number of fused-ring (bicyclic) bond motifs is 2. The van der Waals surface area contributed by atoms with Gasteiger partial charge in [0.15, 0.2) is 11.5 Å². The van der Waals surface area contributed by atoms with E-state index in [1.54, 1.807) is 13.2 Å². The van der Waals surface area contributed by atoms with Gasteiger partial charge < -0.3 is 19.1 Å². The minimum Gasteiger partial charge on any atom is -0.497 e. The molecule has 38 heavy (non-hydrogen) atoms. The van der Waals surface area contributed by atoms with Gasteiger partial charge in [0.25, 0.3) is 5.69 Å². The Morgan fingerprint density at radius 2 is 1.74 bits per heavy atom. The SMILES string of the molecule is COc1ccc2c(c1)C(C)(C)C1(C=Cc3cc([N+](=O)[O-])cc(OC)c3O1)N2Cc1ccc(C(F)(F)F)cc1. The minimum atomic E-state index is -4.43. The number of nitro groups is 1. The molecule has 0 amide bonds. The van der Waals surface area contributed by atoms with Crippen molar-refractivity contribution in [2.24, 2.45) is 0 Å². The van der Waals surface area contributed by atoms with E-state index in [0.29, 0.717) is 22.6 Å². The summed E-state index contributed by atoms with van der Waals surface area (Å²) >= 11 is 0. The van der Waals surface area contributed by atoms with Crippen molar-refractivity contribution in [2.75, 3.05) is 19.1 Å². The number of non-ortho nitro benzene ring substituents is 1. The summed E-state index contributed by atoms with van der Waals surface area (Å²) in [5, 5.41) is 11.5. The smallest absolute Gasteiger partial charge is 0.416 e. The monoisotopic (exact) mass is 526 g/mol. The first-order chi connectivity index (χ1) is 17.9. The van der Waals surface area contributed by atoms with Crippen molar-refractivity contribution >= 4 is 17.5 Å². The summed E-state index contributed by atoms with van der Waals surface area (Å²) in [5.74, 6) is 1.19. The maximum absolute atomic E-state index is 13.2. The molecule has 0 radical (unpaired) electrons. The fourth-order valence-corrected chi connectivity index (χ4v) is 5.24. The van der Waals surface area contributed by atoms with Crippen molar-refractivity contribution in [3.05, 3.63) is 93.0 Å². The second-order valence-electron chi connectivity index (χ2n) is 9.74. The number of nitro benzene ring substituents is 1. The summed E-state index contributed by atoms with van der Waals surface area (Å²) in [5.41, 5.74) is 0.185. The van der Waals surface area contributed by atoms with Gasteiger partial charge in [0.05, 0.1) is 36.2 Å². The van der Waals surface area contributed by atoms with Crippen LogP contribution in [0.5, 0.6) is 17.2 Å². The number of halogens is 3. The molecule has 0 aliphatic carbocycles. The summed E-state index contributed by atoms with van der Waals surface area (Å²) in [7, 11) is 2.98. The van der Waals surface area contributed by atoms with E-state index in [2.05, 4.69) is 0 Å². The van der Waals surface area contributed by atoms with E-state index in [9.17, 15) is 23.3 Å². The van der Waals surface area contributed by atoms with Crippen molar-refractivity contribution in [3.63, 3.8) is 0 Å². The average Bonchev–Trinajstić information content (AvgIpc) is 3.05. The van der Waals surface area contributed by atoms with Crippen molar-refractivity contribution < 1.29 is 32.3 Å². The van der Waals surface area contributed by atoms with Crippen LogP contribution in [0.2, 0.25) is 0 Å². The molecule has 1 spiro atoms. The second-order valence-corrected chi connectivity index (χ2v) is 9.74. The normalized spacial score (nSPS) is 19.1. The fourth-order valence-electron chi connectivity index (χ4n) is 5.24. The van der Waals surface area contributed by atoms with Crippen molar-refractivity contribution in [3.8, 4) is 17.2 Å². The molecule has 1 atom stereocenters. The Morgan fingerprint density at radius 1 is 1.03 bits per heavy atom. The van der Waals surface area contributed by atoms with Crippen molar-refractivity contribution in [1.82, 2.24) is 0 Å². The summed E-state index contributed by atoms with van der Waals surface area (Å²) in [6, 6.07) is 13.4. The van der Waals surface area contributed by atoms with Gasteiger partial charge in [-0.15, -0.1) is 0 Å². The molecule has 1 unspecified atom stereocenters. The first-order valence-electron chi connectivity index (χ1n) is 11.8. The van der Waals surface area contributed by atoms with E-state index in [4.69, 9.17) is 14.2 Å². The molecule has 2 aliphatic heterocycles. The van der Waals surface area contributed by atoms with Gasteiger partial charge >= 0.3 is 6.18 Å². The number of nitrogens with zero attached hydrogens (tertiary/aromatic N) is 2. The van der Waals surface area contributed by atoms with E-state index < -0.39 is 27.8 Å². The lowest BCUT2D eigenvalue weighted by Gasteiger charge is -2.47. The van der Waals surface area contributed by atoms with Crippen LogP contribution in [0, 0.1) is 10.1 Å². The van der Waals surface area contributed by atoms with Crippen molar-refractivity contribution in [1.29, 1.82) is 0 Å². The molecular weight excluding hydrogens is 501 g/mol. The van der Waals surface area contributed by atoms with E-state index in [1.807, 2.05) is 43.0 Å². The number of methoxy groups -OCH3 is 2. The van der Waals surface area contributed by atoms with Gasteiger partial charge in [-0.2, -0.15) is 13.2 Å². The van der Waals surface area contributed by atoms with Gasteiger partial charge in [-0.3, -0.25) is 10.1 Å². The predicted molar refractivity (Wildman–Crippen MR) is 136 cm³/mol. The van der Waals surface area contributed by atoms with E-state index in [0.717, 1.165) is 23.4 Å². The number of alkyl halides is 3. The molecule has 10 heteroatoms. The molecule has 0 aromatic heterocycles. The van der Waals surface area contributed by atoms with Crippen LogP contribution in [0.15, 0.2) is 60.7 Å². The van der Waals surface area contributed by atoms with E-state index >= 15 is 0 Å². The zero-order valence-electron chi connectivity index (χ0n) is 21.1. The highest BCUT2D eigenvalue weighted by Gasteiger charge is 2.59. The molecule has 198 valence electrons. The lowest BCUT2D eigenvalue weighted by atomic mass is 9.76. The minimum absolute atomic E-state index is 0.134. The van der Waals surface area contributed by atoms with E-state index in [-0.39, 0.29) is 18.0 Å². The number of hydrogen-bond donors (Lipinski definition) is 0. The molecule has 0 N–H and O–H groups in total. The maximum atomic E-state index is 13.2. The molecule has 0 fully saturated rings. The molecule has 0 saturated carbocycles. The van der Waals surface area contributed by atoms with Crippen LogP contribution in [0.25, 0.3) is 6.08 Å². The zero-order chi connectivity index (χ0) is 27.5. The van der Waals surface area contributed by atoms with Gasteiger partial charge in [-0.1, -0.05) is 12.1 Å². The number of ether oxygens (including phenoxy) is 3. The zero-order valence-corrected chi connectivity index (χ0v) is 21.1. The molecule has 0 bridgehead atoms. The Labute approximate surface area is 217 Å². The Hall–Kier alpha value is -4.21. The van der Waals surface area contributed by atoms with Crippen molar-refractivity contribution in [2.45, 2.75) is 37.7 Å². The Kier molecular flexibility index (Phi) is 5.81. The fraction of sp³-hybridized carbons (Fsp3) is 0.286. The van der Waals surface area contributed by atoms with Crippen LogP contribution < -0.4 is 19.1 Å². The third-order valence-electron chi connectivity index (χ3n) is 7.33. The topological polar surface area (TPSA) is 74.1 Å². The van der Waals surface area contributed by atoms with Gasteiger partial charge in [-0.05, 0) is 67.5 Å². The predicted octanol–water partition coefficient (Wildman–Crippen LogP) is 6.73. The average molecular weight is 527 g/mol. The standard InChI is InChI=1S/C28H25F3N2O5/c1-26(2)22-15-21(36-3)9-10-23(22)32(16-17-5-7-19(8-6-17)28(29,30)31)27(26)12-11-18-13-20(33(34)35)14-24(37-4)25(18)38-27/h5-15H,16H2,1-4H3. The van der Waals surface area contributed by atoms with Crippen LogP contribution in [0.3, 0.4) is 0 Å². The maximum Gasteiger partial charge on any atom is 0.416 e. The summed E-state index contributed by atoms with van der Waals surface area (Å²) < 4.78 is 57.2. The van der Waals surface area contributed by atoms with Crippen LogP contribution in [-0.2, 0) is 18.1 Å². The molecule has 3 aromatic carbocycles. The molecule has 3 aromatic rings. The molecule has 7 nitrogen and oxygen atoms in total. The van der Waals surface area contributed by atoms with E-state index in [1.165, 1.54) is 31.4 Å². The van der Waals surface area contributed by atoms with Gasteiger partial charge in [0, 0.05) is 23.9 Å². The highest BCUT2D eigenvalue weighted by atomic mass is 19.4. The third kappa shape index (κ3) is 3.82. The van der Waals surface area contributed by atoms with Crippen LogP contribution in [0.4, 0.5) is 24.5 Å². The molecular formula is C28H25F3N2O5. The highest BCUT2D eigenvalue weighted by Crippen LogP contribution is 2.57. The quantitative estimate of drug-likeness (QED) is 0.271. The molecule has 2 aliphatic rings. The Balaban J connectivity index is 1.66. The number of rotatable bonds is 5. The summed E-state index contributed by atoms with van der Waals surface area (Å²) in [6.45, 7) is 4.24. The number of anilines is 1.